The van der Waals surface area contributed by atoms with E-state index in [2.05, 4.69) is 25.2 Å². The number of carboxylic acids is 1. The molecule has 0 radical (unpaired) electrons. The Labute approximate surface area is 133 Å². The molecule has 8 heteroatoms. The molecule has 8 nitrogen and oxygen atoms in total. The third kappa shape index (κ3) is 2.88. The van der Waals surface area contributed by atoms with E-state index < -0.39 is 5.97 Å². The molecule has 0 bridgehead atoms. The highest BCUT2D eigenvalue weighted by molar-refractivity contribution is 5.84. The van der Waals surface area contributed by atoms with Crippen molar-refractivity contribution in [1.29, 1.82) is 0 Å². The van der Waals surface area contributed by atoms with Crippen molar-refractivity contribution in [3.63, 3.8) is 0 Å². The summed E-state index contributed by atoms with van der Waals surface area (Å²) >= 11 is 0. The number of hydrogen-bond donors (Lipinski definition) is 1. The Bertz CT molecular complexity index is 709. The topological polar surface area (TPSA) is 97.0 Å². The van der Waals surface area contributed by atoms with E-state index in [1.165, 1.54) is 19.0 Å². The van der Waals surface area contributed by atoms with E-state index in [1.54, 1.807) is 6.20 Å². The molecule has 2 aromatic heterocycles. The van der Waals surface area contributed by atoms with E-state index in [0.717, 1.165) is 37.4 Å². The van der Waals surface area contributed by atoms with Gasteiger partial charge in [0.05, 0.1) is 30.7 Å². The van der Waals surface area contributed by atoms with Gasteiger partial charge in [0.15, 0.2) is 5.69 Å². The van der Waals surface area contributed by atoms with Gasteiger partial charge in [0.1, 0.15) is 5.82 Å². The third-order valence-electron chi connectivity index (χ3n) is 4.48. The molecule has 1 N–H and O–H groups in total. The first kappa shape index (κ1) is 14.1. The predicted octanol–water partition coefficient (Wildman–Crippen LogP) is 1.31. The lowest BCUT2D eigenvalue weighted by molar-refractivity contribution is 0.0690. The lowest BCUT2D eigenvalue weighted by Gasteiger charge is -2.25. The minimum absolute atomic E-state index is 0.0325. The number of carbonyl (C=O) groups is 1. The highest BCUT2D eigenvalue weighted by atomic mass is 16.4. The molecule has 2 aromatic rings. The van der Waals surface area contributed by atoms with Gasteiger partial charge in [-0.05, 0) is 25.7 Å². The zero-order chi connectivity index (χ0) is 15.8. The fraction of sp³-hybridized carbons (Fsp3) is 0.533. The van der Waals surface area contributed by atoms with Crippen molar-refractivity contribution in [3.05, 3.63) is 30.0 Å². The molecule has 3 heterocycles. The quantitative estimate of drug-likeness (QED) is 0.888. The highest BCUT2D eigenvalue weighted by Crippen LogP contribution is 2.38. The summed E-state index contributed by atoms with van der Waals surface area (Å²) in [6, 6.07) is 0.286. The van der Waals surface area contributed by atoms with Gasteiger partial charge < -0.3 is 10.0 Å². The molecule has 0 aromatic carbocycles. The monoisotopic (exact) mass is 314 g/mol. The van der Waals surface area contributed by atoms with Gasteiger partial charge in [0, 0.05) is 18.7 Å². The minimum Gasteiger partial charge on any atom is -0.476 e. The first-order valence-electron chi connectivity index (χ1n) is 7.93. The number of hydrogen-bond acceptors (Lipinski definition) is 6. The van der Waals surface area contributed by atoms with Crippen LogP contribution in [0.15, 0.2) is 18.6 Å². The molecule has 0 unspecified atom stereocenters. The maximum Gasteiger partial charge on any atom is 0.356 e. The summed E-state index contributed by atoms with van der Waals surface area (Å²) in [5, 5.41) is 17.4. The Balaban J connectivity index is 1.47. The van der Waals surface area contributed by atoms with Gasteiger partial charge in [-0.2, -0.15) is 0 Å². The van der Waals surface area contributed by atoms with Gasteiger partial charge in [-0.25, -0.2) is 14.8 Å². The van der Waals surface area contributed by atoms with Crippen LogP contribution in [0, 0.1) is 0 Å². The first-order chi connectivity index (χ1) is 11.2. The fourth-order valence-corrected chi connectivity index (χ4v) is 3.09. The molecule has 1 saturated carbocycles. The Hall–Kier alpha value is -2.51. The van der Waals surface area contributed by atoms with Gasteiger partial charge in [0.2, 0.25) is 0 Å². The van der Waals surface area contributed by atoms with Crippen LogP contribution in [-0.4, -0.2) is 48.6 Å². The summed E-state index contributed by atoms with van der Waals surface area (Å²) in [7, 11) is 0. The number of rotatable bonds is 5. The van der Waals surface area contributed by atoms with Crippen LogP contribution < -0.4 is 4.90 Å². The van der Waals surface area contributed by atoms with Gasteiger partial charge in [-0.1, -0.05) is 5.21 Å². The smallest absolute Gasteiger partial charge is 0.356 e. The maximum atomic E-state index is 10.9. The zero-order valence-electron chi connectivity index (χ0n) is 12.7. The van der Waals surface area contributed by atoms with Crippen molar-refractivity contribution >= 4 is 11.8 Å². The van der Waals surface area contributed by atoms with Crippen LogP contribution in [0.4, 0.5) is 5.82 Å². The van der Waals surface area contributed by atoms with E-state index in [9.17, 15) is 4.79 Å². The SMILES string of the molecule is O=C(O)c1cnc(N2CCC[C@H]2Cn2cc(C3CC3)nn2)cn1. The Morgan fingerprint density at radius 3 is 2.83 bits per heavy atom. The number of carboxylic acid groups (broad SMARTS) is 1. The van der Waals surface area contributed by atoms with Crippen LogP contribution in [0.1, 0.15) is 47.8 Å². The van der Waals surface area contributed by atoms with Crippen molar-refractivity contribution in [2.45, 2.75) is 44.2 Å². The highest BCUT2D eigenvalue weighted by Gasteiger charge is 2.29. The van der Waals surface area contributed by atoms with Gasteiger partial charge in [0.25, 0.3) is 0 Å². The third-order valence-corrected chi connectivity index (χ3v) is 4.48. The average molecular weight is 314 g/mol. The molecule has 1 atom stereocenters. The van der Waals surface area contributed by atoms with E-state index in [1.807, 2.05) is 10.9 Å². The first-order valence-corrected chi connectivity index (χ1v) is 7.93. The summed E-state index contributed by atoms with van der Waals surface area (Å²) in [4.78, 5) is 21.3. The molecule has 0 amide bonds. The van der Waals surface area contributed by atoms with Crippen LogP contribution in [0.3, 0.4) is 0 Å². The van der Waals surface area contributed by atoms with E-state index in [0.29, 0.717) is 5.92 Å². The second kappa shape index (κ2) is 5.60. The largest absolute Gasteiger partial charge is 0.476 e. The maximum absolute atomic E-state index is 10.9. The fourth-order valence-electron chi connectivity index (χ4n) is 3.09. The number of anilines is 1. The molecule has 2 aliphatic rings. The van der Waals surface area contributed by atoms with Crippen molar-refractivity contribution < 1.29 is 9.90 Å². The molecular weight excluding hydrogens is 296 g/mol. The van der Waals surface area contributed by atoms with Crippen molar-refractivity contribution in [2.24, 2.45) is 0 Å². The molecule has 1 aliphatic heterocycles. The molecule has 2 fully saturated rings. The van der Waals surface area contributed by atoms with Crippen LogP contribution >= 0.6 is 0 Å². The van der Waals surface area contributed by atoms with Crippen LogP contribution in [0.25, 0.3) is 0 Å². The number of aromatic carboxylic acids is 1. The zero-order valence-corrected chi connectivity index (χ0v) is 12.7. The van der Waals surface area contributed by atoms with Gasteiger partial charge >= 0.3 is 5.97 Å². The Morgan fingerprint density at radius 2 is 2.13 bits per heavy atom. The standard InChI is InChI=1S/C15H18N6O2/c22-15(23)12-6-17-14(7-16-12)21-5-1-2-11(21)8-20-9-13(18-19-20)10-3-4-10/h6-7,9-11H,1-5,8H2,(H,22,23)/t11-/m0/s1. The van der Waals surface area contributed by atoms with Crippen LogP contribution in [0.5, 0.6) is 0 Å². The summed E-state index contributed by atoms with van der Waals surface area (Å²) in [5.74, 6) is 0.273. The number of nitrogens with zero attached hydrogens (tertiary/aromatic N) is 6. The summed E-state index contributed by atoms with van der Waals surface area (Å²) in [6.07, 6.45) is 9.48. The van der Waals surface area contributed by atoms with Crippen molar-refractivity contribution in [1.82, 2.24) is 25.0 Å². The van der Waals surface area contributed by atoms with Crippen LogP contribution in [0.2, 0.25) is 0 Å². The van der Waals surface area contributed by atoms with Crippen molar-refractivity contribution in [3.8, 4) is 0 Å². The summed E-state index contributed by atoms with van der Waals surface area (Å²) in [5.41, 5.74) is 1.06. The molecule has 0 spiro atoms. The average Bonchev–Trinajstić information content (AvgIpc) is 3.13. The van der Waals surface area contributed by atoms with E-state index in [4.69, 9.17) is 5.11 Å². The summed E-state index contributed by atoms with van der Waals surface area (Å²) < 4.78 is 1.91. The lowest BCUT2D eigenvalue weighted by atomic mass is 10.2. The van der Waals surface area contributed by atoms with Crippen molar-refractivity contribution in [2.75, 3.05) is 11.4 Å². The molecule has 23 heavy (non-hydrogen) atoms. The van der Waals surface area contributed by atoms with E-state index >= 15 is 0 Å². The normalized spacial score (nSPS) is 20.9. The Kier molecular flexibility index (Phi) is 3.44. The van der Waals surface area contributed by atoms with Crippen LogP contribution in [-0.2, 0) is 6.54 Å². The second-order valence-corrected chi connectivity index (χ2v) is 6.19. The molecule has 120 valence electrons. The van der Waals surface area contributed by atoms with Gasteiger partial charge in [-0.3, -0.25) is 4.68 Å². The molecule has 1 saturated heterocycles. The van der Waals surface area contributed by atoms with Gasteiger partial charge in [-0.15, -0.1) is 5.10 Å². The number of aromatic nitrogens is 5. The Morgan fingerprint density at radius 1 is 1.26 bits per heavy atom. The lowest BCUT2D eigenvalue weighted by Crippen LogP contribution is -2.34. The van der Waals surface area contributed by atoms with E-state index in [-0.39, 0.29) is 11.7 Å². The molecular formula is C15H18N6O2. The predicted molar refractivity (Wildman–Crippen MR) is 81.4 cm³/mol. The summed E-state index contributed by atoms with van der Waals surface area (Å²) in [6.45, 7) is 1.66. The molecule has 4 rings (SSSR count). The molecule has 1 aliphatic carbocycles. The minimum atomic E-state index is -1.06. The second-order valence-electron chi connectivity index (χ2n) is 6.19.